The molecule has 1 saturated carbocycles. The van der Waals surface area contributed by atoms with Crippen molar-refractivity contribution in [2.24, 2.45) is 10.9 Å². The van der Waals surface area contributed by atoms with Crippen LogP contribution in [0.4, 0.5) is 10.1 Å². The number of amidine groups is 1. The van der Waals surface area contributed by atoms with Crippen molar-refractivity contribution in [3.63, 3.8) is 0 Å². The van der Waals surface area contributed by atoms with E-state index in [0.717, 1.165) is 82.0 Å². The predicted octanol–water partition coefficient (Wildman–Crippen LogP) is 3.62. The third-order valence-corrected chi connectivity index (χ3v) is 8.51. The summed E-state index contributed by atoms with van der Waals surface area (Å²) in [4.78, 5) is 37.4. The number of fused-ring (bicyclic) bond motifs is 1. The summed E-state index contributed by atoms with van der Waals surface area (Å²) in [6, 6.07) is 12.4. The molecule has 1 saturated heterocycles. The van der Waals surface area contributed by atoms with Gasteiger partial charge < -0.3 is 15.3 Å². The van der Waals surface area contributed by atoms with E-state index in [2.05, 4.69) is 43.2 Å². The van der Waals surface area contributed by atoms with Gasteiger partial charge in [-0.15, -0.1) is 0 Å². The Kier molecular flexibility index (Phi) is 9.47. The van der Waals surface area contributed by atoms with Crippen LogP contribution in [0.15, 0.2) is 47.5 Å². The SMILES string of the molecule is CC(C)NC(=O)C1CCC(N2C(=NC(=O)c3ccc(F)cc3)Cc3ccc(CN4CCN(CCO)CC4)cc32)CC1. The lowest BCUT2D eigenvalue weighted by atomic mass is 9.84. The van der Waals surface area contributed by atoms with Crippen molar-refractivity contribution in [3.8, 4) is 0 Å². The summed E-state index contributed by atoms with van der Waals surface area (Å²) in [7, 11) is 0. The van der Waals surface area contributed by atoms with E-state index in [1.165, 1.54) is 29.8 Å². The van der Waals surface area contributed by atoms with Crippen molar-refractivity contribution < 1.29 is 19.1 Å². The van der Waals surface area contributed by atoms with Gasteiger partial charge in [0.25, 0.3) is 5.91 Å². The molecular formula is C32H42FN5O3. The van der Waals surface area contributed by atoms with E-state index in [0.29, 0.717) is 12.0 Å². The van der Waals surface area contributed by atoms with Crippen LogP contribution in [0.5, 0.6) is 0 Å². The molecule has 41 heavy (non-hydrogen) atoms. The van der Waals surface area contributed by atoms with Crippen LogP contribution in [-0.4, -0.2) is 84.0 Å². The zero-order valence-electron chi connectivity index (χ0n) is 24.2. The molecule has 3 aliphatic rings. The van der Waals surface area contributed by atoms with Crippen LogP contribution in [0.1, 0.15) is 61.0 Å². The van der Waals surface area contributed by atoms with Gasteiger partial charge in [-0.2, -0.15) is 4.99 Å². The van der Waals surface area contributed by atoms with Crippen LogP contribution in [0.3, 0.4) is 0 Å². The Balaban J connectivity index is 1.36. The van der Waals surface area contributed by atoms with Gasteiger partial charge in [-0.05, 0) is 81.0 Å². The van der Waals surface area contributed by atoms with Gasteiger partial charge in [0.1, 0.15) is 11.7 Å². The molecule has 5 rings (SSSR count). The van der Waals surface area contributed by atoms with E-state index in [1.54, 1.807) is 0 Å². The zero-order valence-corrected chi connectivity index (χ0v) is 24.2. The number of aliphatic hydroxyl groups excluding tert-OH is 1. The summed E-state index contributed by atoms with van der Waals surface area (Å²) < 4.78 is 13.5. The molecule has 2 aromatic rings. The van der Waals surface area contributed by atoms with E-state index in [4.69, 9.17) is 0 Å². The number of nitrogens with zero attached hydrogens (tertiary/aromatic N) is 4. The maximum Gasteiger partial charge on any atom is 0.278 e. The van der Waals surface area contributed by atoms with Crippen LogP contribution >= 0.6 is 0 Å². The molecule has 1 aliphatic carbocycles. The number of halogens is 1. The van der Waals surface area contributed by atoms with Crippen molar-refractivity contribution in [2.75, 3.05) is 44.2 Å². The van der Waals surface area contributed by atoms with E-state index in [1.807, 2.05) is 13.8 Å². The normalized spacial score (nSPS) is 22.8. The minimum atomic E-state index is -0.385. The van der Waals surface area contributed by atoms with Crippen LogP contribution in [0.2, 0.25) is 0 Å². The van der Waals surface area contributed by atoms with Gasteiger partial charge in [-0.1, -0.05) is 12.1 Å². The molecule has 2 heterocycles. The standard InChI is InChI=1S/C32H42FN5O3/c1-22(2)34-31(40)25-7-11-28(12-8-25)38-29-19-23(21-37-15-13-36(14-16-37)17-18-39)3-4-26(29)20-30(38)35-32(41)24-5-9-27(33)10-6-24/h3-6,9-10,19,22,25,28,39H,7-8,11-18,20-21H2,1-2H3,(H,34,40). The number of β-amino-alcohol motifs (C(OH)–C–C–N with tert-alkyl or cyclic N) is 1. The number of hydrogen-bond acceptors (Lipinski definition) is 5. The van der Waals surface area contributed by atoms with Gasteiger partial charge in [0.2, 0.25) is 5.91 Å². The number of amides is 2. The Bertz CT molecular complexity index is 1250. The van der Waals surface area contributed by atoms with Gasteiger partial charge in [0.05, 0.1) is 6.61 Å². The maximum atomic E-state index is 13.5. The topological polar surface area (TPSA) is 88.5 Å². The fourth-order valence-corrected chi connectivity index (χ4v) is 6.32. The van der Waals surface area contributed by atoms with Crippen LogP contribution < -0.4 is 10.2 Å². The fraction of sp³-hybridized carbons (Fsp3) is 0.531. The van der Waals surface area contributed by atoms with Gasteiger partial charge in [-0.3, -0.25) is 19.4 Å². The highest BCUT2D eigenvalue weighted by Crippen LogP contribution is 2.38. The summed E-state index contributed by atoms with van der Waals surface area (Å²) in [6.45, 7) is 9.55. The van der Waals surface area contributed by atoms with Gasteiger partial charge in [0, 0.05) is 74.9 Å². The molecule has 0 unspecified atom stereocenters. The predicted molar refractivity (Wildman–Crippen MR) is 159 cm³/mol. The maximum absolute atomic E-state index is 13.5. The largest absolute Gasteiger partial charge is 0.395 e. The Labute approximate surface area is 242 Å². The van der Waals surface area contributed by atoms with Crippen molar-refractivity contribution >= 4 is 23.3 Å². The average Bonchev–Trinajstić information content (AvgIpc) is 3.31. The first-order valence-electron chi connectivity index (χ1n) is 14.9. The number of aliphatic imine (C=N–C) groups is 1. The number of piperazine rings is 1. The van der Waals surface area contributed by atoms with Gasteiger partial charge >= 0.3 is 0 Å². The summed E-state index contributed by atoms with van der Waals surface area (Å²) in [6.07, 6.45) is 3.85. The van der Waals surface area contributed by atoms with E-state index in [-0.39, 0.29) is 42.2 Å². The second-order valence-electron chi connectivity index (χ2n) is 11.9. The molecule has 0 bridgehead atoms. The summed E-state index contributed by atoms with van der Waals surface area (Å²) in [5.74, 6) is 0.0995. The van der Waals surface area contributed by atoms with Crippen LogP contribution in [0, 0.1) is 11.7 Å². The average molecular weight is 564 g/mol. The molecule has 2 fully saturated rings. The van der Waals surface area contributed by atoms with Gasteiger partial charge in [0.15, 0.2) is 0 Å². The number of hydrogen-bond donors (Lipinski definition) is 2. The molecule has 2 aromatic carbocycles. The highest BCUT2D eigenvalue weighted by atomic mass is 19.1. The minimum Gasteiger partial charge on any atom is -0.395 e. The Morgan fingerprint density at radius 1 is 1.00 bits per heavy atom. The number of aliphatic hydroxyl groups is 1. The number of carbonyl (C=O) groups excluding carboxylic acids is 2. The van der Waals surface area contributed by atoms with Crippen LogP contribution in [0.25, 0.3) is 0 Å². The van der Waals surface area contributed by atoms with E-state index in [9.17, 15) is 19.1 Å². The number of benzene rings is 2. The smallest absolute Gasteiger partial charge is 0.278 e. The Hall–Kier alpha value is -3.14. The molecule has 9 heteroatoms. The molecule has 0 atom stereocenters. The number of rotatable bonds is 8. The Morgan fingerprint density at radius 2 is 1.68 bits per heavy atom. The molecule has 2 N–H and O–H groups in total. The molecule has 2 amide bonds. The lowest BCUT2D eigenvalue weighted by Gasteiger charge is -2.36. The summed E-state index contributed by atoms with van der Waals surface area (Å²) >= 11 is 0. The highest BCUT2D eigenvalue weighted by molar-refractivity contribution is 6.12. The second kappa shape index (κ2) is 13.2. The first-order valence-corrected chi connectivity index (χ1v) is 14.9. The first kappa shape index (κ1) is 29.4. The third-order valence-electron chi connectivity index (χ3n) is 8.51. The fourth-order valence-electron chi connectivity index (χ4n) is 6.32. The number of carbonyl (C=O) groups is 2. The minimum absolute atomic E-state index is 0.00722. The van der Waals surface area contributed by atoms with E-state index >= 15 is 0 Å². The monoisotopic (exact) mass is 563 g/mol. The zero-order chi connectivity index (χ0) is 28.9. The van der Waals surface area contributed by atoms with Crippen molar-refractivity contribution in [3.05, 3.63) is 65.0 Å². The van der Waals surface area contributed by atoms with E-state index < -0.39 is 0 Å². The molecule has 0 spiro atoms. The Morgan fingerprint density at radius 3 is 2.34 bits per heavy atom. The molecule has 2 aliphatic heterocycles. The molecular weight excluding hydrogens is 521 g/mol. The second-order valence-corrected chi connectivity index (χ2v) is 11.9. The molecule has 220 valence electrons. The third kappa shape index (κ3) is 7.20. The first-order chi connectivity index (χ1) is 19.8. The van der Waals surface area contributed by atoms with Crippen LogP contribution in [-0.2, 0) is 17.8 Å². The van der Waals surface area contributed by atoms with Gasteiger partial charge in [-0.25, -0.2) is 4.39 Å². The highest BCUT2D eigenvalue weighted by Gasteiger charge is 2.36. The lowest BCUT2D eigenvalue weighted by molar-refractivity contribution is -0.126. The summed E-state index contributed by atoms with van der Waals surface area (Å²) in [5.41, 5.74) is 3.83. The number of anilines is 1. The molecule has 8 nitrogen and oxygen atoms in total. The quantitative estimate of drug-likeness (QED) is 0.510. The van der Waals surface area contributed by atoms with Crippen molar-refractivity contribution in [2.45, 2.75) is 64.6 Å². The van der Waals surface area contributed by atoms with Crippen molar-refractivity contribution in [1.82, 2.24) is 15.1 Å². The lowest BCUT2D eigenvalue weighted by Crippen LogP contribution is -2.46. The molecule has 0 radical (unpaired) electrons. The number of nitrogens with one attached hydrogen (secondary N) is 1. The van der Waals surface area contributed by atoms with Crippen molar-refractivity contribution in [1.29, 1.82) is 0 Å². The molecule has 0 aromatic heterocycles. The summed E-state index contributed by atoms with van der Waals surface area (Å²) in [5, 5.41) is 12.3.